The van der Waals surface area contributed by atoms with Gasteiger partial charge in [0.25, 0.3) is 0 Å². The summed E-state index contributed by atoms with van der Waals surface area (Å²) in [5.74, 6) is -0.541. The minimum atomic E-state index is -0.397. The van der Waals surface area contributed by atoms with Crippen molar-refractivity contribution in [1.29, 1.82) is 0 Å². The van der Waals surface area contributed by atoms with Gasteiger partial charge in [-0.3, -0.25) is 14.6 Å². The van der Waals surface area contributed by atoms with Crippen LogP contribution in [0.2, 0.25) is 0 Å². The zero-order chi connectivity index (χ0) is 14.8. The zero-order valence-corrected chi connectivity index (χ0v) is 12.3. The van der Waals surface area contributed by atoms with E-state index in [1.807, 2.05) is 29.0 Å². The highest BCUT2D eigenvalue weighted by atomic mass is 32.1. The maximum atomic E-state index is 12.5. The molecule has 1 saturated heterocycles. The molecule has 21 heavy (non-hydrogen) atoms. The number of amides is 2. The highest BCUT2D eigenvalue weighted by molar-refractivity contribution is 7.08. The molecule has 0 unspecified atom stereocenters. The largest absolute Gasteiger partial charge is 0.338 e. The van der Waals surface area contributed by atoms with Crippen molar-refractivity contribution < 1.29 is 9.59 Å². The molecule has 1 fully saturated rings. The second-order valence-corrected chi connectivity index (χ2v) is 5.83. The molecule has 2 atom stereocenters. The Bertz CT molecular complexity index is 642. The first-order valence-electron chi connectivity index (χ1n) is 6.65. The van der Waals surface area contributed by atoms with Crippen LogP contribution in [0.3, 0.4) is 0 Å². The lowest BCUT2D eigenvalue weighted by Crippen LogP contribution is -2.30. The fourth-order valence-electron chi connectivity index (χ4n) is 2.68. The van der Waals surface area contributed by atoms with Gasteiger partial charge in [-0.2, -0.15) is 11.3 Å². The second kappa shape index (κ2) is 5.65. The van der Waals surface area contributed by atoms with Crippen LogP contribution in [0.15, 0.2) is 41.4 Å². The first-order chi connectivity index (χ1) is 10.2. The molecule has 3 heterocycles. The lowest BCUT2D eigenvalue weighted by molar-refractivity contribution is -0.127. The summed E-state index contributed by atoms with van der Waals surface area (Å²) >= 11 is 1.52. The van der Waals surface area contributed by atoms with Crippen molar-refractivity contribution >= 4 is 28.8 Å². The highest BCUT2D eigenvalue weighted by Crippen LogP contribution is 2.37. The average molecular weight is 301 g/mol. The molecule has 5 nitrogen and oxygen atoms in total. The SMILES string of the molecule is CN1C(=O)C[C@H](C(=O)Nc2ccsc2)[C@@H]1c1cccnc1. The molecule has 0 saturated carbocycles. The molecule has 1 aliphatic heterocycles. The molecule has 1 aliphatic rings. The number of nitrogens with zero attached hydrogens (tertiary/aromatic N) is 2. The number of aromatic nitrogens is 1. The summed E-state index contributed by atoms with van der Waals surface area (Å²) in [6.45, 7) is 0. The van der Waals surface area contributed by atoms with Gasteiger partial charge in [-0.05, 0) is 23.1 Å². The standard InChI is InChI=1S/C15H15N3O2S/c1-18-13(19)7-12(14(18)10-3-2-5-16-8-10)15(20)17-11-4-6-21-9-11/h2-6,8-9,12,14H,7H2,1H3,(H,17,20)/t12-,14-/m0/s1. The van der Waals surface area contributed by atoms with Gasteiger partial charge in [-0.25, -0.2) is 0 Å². The summed E-state index contributed by atoms with van der Waals surface area (Å²) < 4.78 is 0. The molecule has 0 aromatic carbocycles. The summed E-state index contributed by atoms with van der Waals surface area (Å²) in [5.41, 5.74) is 1.66. The summed E-state index contributed by atoms with van der Waals surface area (Å²) in [6, 6.07) is 5.31. The maximum absolute atomic E-state index is 12.5. The van der Waals surface area contributed by atoms with Gasteiger partial charge in [0, 0.05) is 31.2 Å². The first-order valence-corrected chi connectivity index (χ1v) is 7.60. The van der Waals surface area contributed by atoms with Gasteiger partial charge < -0.3 is 10.2 Å². The van der Waals surface area contributed by atoms with Crippen molar-refractivity contribution in [2.45, 2.75) is 12.5 Å². The van der Waals surface area contributed by atoms with Gasteiger partial charge in [0.15, 0.2) is 0 Å². The Labute approximate surface area is 126 Å². The van der Waals surface area contributed by atoms with Crippen LogP contribution < -0.4 is 5.32 Å². The van der Waals surface area contributed by atoms with Gasteiger partial charge in [0.1, 0.15) is 0 Å². The van der Waals surface area contributed by atoms with E-state index in [0.717, 1.165) is 11.3 Å². The minimum Gasteiger partial charge on any atom is -0.338 e. The Hall–Kier alpha value is -2.21. The number of nitrogens with one attached hydrogen (secondary N) is 1. The van der Waals surface area contributed by atoms with Gasteiger partial charge >= 0.3 is 0 Å². The number of hydrogen-bond donors (Lipinski definition) is 1. The van der Waals surface area contributed by atoms with Crippen molar-refractivity contribution in [2.75, 3.05) is 12.4 Å². The number of thiophene rings is 1. The van der Waals surface area contributed by atoms with Crippen LogP contribution in [0.5, 0.6) is 0 Å². The van der Waals surface area contributed by atoms with Crippen molar-refractivity contribution in [3.8, 4) is 0 Å². The molecular formula is C15H15N3O2S. The van der Waals surface area contributed by atoms with Crippen molar-refractivity contribution in [3.05, 3.63) is 46.9 Å². The van der Waals surface area contributed by atoms with E-state index in [2.05, 4.69) is 10.3 Å². The van der Waals surface area contributed by atoms with E-state index in [-0.39, 0.29) is 24.3 Å². The first kappa shape index (κ1) is 13.8. The molecule has 108 valence electrons. The molecule has 0 bridgehead atoms. The second-order valence-electron chi connectivity index (χ2n) is 5.05. The Kier molecular flexibility index (Phi) is 3.70. The van der Waals surface area contributed by atoms with Crippen LogP contribution >= 0.6 is 11.3 Å². The molecule has 1 N–H and O–H groups in total. The zero-order valence-electron chi connectivity index (χ0n) is 11.5. The van der Waals surface area contributed by atoms with Crippen LogP contribution in [0.1, 0.15) is 18.0 Å². The lowest BCUT2D eigenvalue weighted by atomic mass is 9.94. The molecule has 0 radical (unpaired) electrons. The predicted octanol–water partition coefficient (Wildman–Crippen LogP) is 2.30. The van der Waals surface area contributed by atoms with E-state index in [4.69, 9.17) is 0 Å². The van der Waals surface area contributed by atoms with Gasteiger partial charge in [0.2, 0.25) is 11.8 Å². The number of carbonyl (C=O) groups excluding carboxylic acids is 2. The van der Waals surface area contributed by atoms with Gasteiger partial charge in [-0.1, -0.05) is 6.07 Å². The van der Waals surface area contributed by atoms with Crippen LogP contribution in [-0.4, -0.2) is 28.7 Å². The van der Waals surface area contributed by atoms with E-state index >= 15 is 0 Å². The summed E-state index contributed by atoms with van der Waals surface area (Å²) in [4.78, 5) is 30.2. The van der Waals surface area contributed by atoms with E-state index in [0.29, 0.717) is 0 Å². The fraction of sp³-hybridized carbons (Fsp3) is 0.267. The molecule has 0 spiro atoms. The fourth-order valence-corrected chi connectivity index (χ4v) is 3.27. The third-order valence-corrected chi connectivity index (χ3v) is 4.42. The maximum Gasteiger partial charge on any atom is 0.230 e. The summed E-state index contributed by atoms with van der Waals surface area (Å²) in [7, 11) is 1.73. The van der Waals surface area contributed by atoms with Crippen LogP contribution in [0.25, 0.3) is 0 Å². The predicted molar refractivity (Wildman–Crippen MR) is 80.8 cm³/mol. The number of likely N-dealkylation sites (tertiary alicyclic amines) is 1. The van der Waals surface area contributed by atoms with Crippen LogP contribution in [0, 0.1) is 5.92 Å². The van der Waals surface area contributed by atoms with E-state index in [1.54, 1.807) is 24.3 Å². The van der Waals surface area contributed by atoms with Crippen molar-refractivity contribution in [2.24, 2.45) is 5.92 Å². The number of carbonyl (C=O) groups is 2. The normalized spacial score (nSPS) is 21.6. The molecule has 6 heteroatoms. The van der Waals surface area contributed by atoms with E-state index in [1.165, 1.54) is 11.3 Å². The Balaban J connectivity index is 1.85. The number of anilines is 1. The monoisotopic (exact) mass is 301 g/mol. The van der Waals surface area contributed by atoms with Crippen LogP contribution in [0.4, 0.5) is 5.69 Å². The quantitative estimate of drug-likeness (QED) is 0.946. The van der Waals surface area contributed by atoms with Gasteiger partial charge in [-0.15, -0.1) is 0 Å². The Morgan fingerprint density at radius 2 is 2.33 bits per heavy atom. The molecule has 2 aromatic heterocycles. The number of pyridine rings is 1. The summed E-state index contributed by atoms with van der Waals surface area (Å²) in [6.07, 6.45) is 3.62. The van der Waals surface area contributed by atoms with Gasteiger partial charge in [0.05, 0.1) is 17.6 Å². The molecular weight excluding hydrogens is 286 g/mol. The Morgan fingerprint density at radius 3 is 3.00 bits per heavy atom. The number of hydrogen-bond acceptors (Lipinski definition) is 4. The molecule has 3 rings (SSSR count). The molecule has 2 aromatic rings. The minimum absolute atomic E-state index is 0.0191. The summed E-state index contributed by atoms with van der Waals surface area (Å²) in [5, 5.41) is 6.65. The van der Waals surface area contributed by atoms with E-state index < -0.39 is 5.92 Å². The van der Waals surface area contributed by atoms with Crippen molar-refractivity contribution in [1.82, 2.24) is 9.88 Å². The van der Waals surface area contributed by atoms with Crippen LogP contribution in [-0.2, 0) is 9.59 Å². The van der Waals surface area contributed by atoms with Crippen molar-refractivity contribution in [3.63, 3.8) is 0 Å². The van der Waals surface area contributed by atoms with E-state index in [9.17, 15) is 9.59 Å². The third kappa shape index (κ3) is 2.67. The third-order valence-electron chi connectivity index (χ3n) is 3.74. The molecule has 0 aliphatic carbocycles. The number of rotatable bonds is 3. The Morgan fingerprint density at radius 1 is 1.48 bits per heavy atom. The highest BCUT2D eigenvalue weighted by Gasteiger charge is 2.42. The topological polar surface area (TPSA) is 62.3 Å². The average Bonchev–Trinajstić information content (AvgIpc) is 3.09. The smallest absolute Gasteiger partial charge is 0.230 e. The molecule has 2 amide bonds. The lowest BCUT2D eigenvalue weighted by Gasteiger charge is -2.24.